The van der Waals surface area contributed by atoms with E-state index in [9.17, 15) is 0 Å². The molecule has 0 N–H and O–H groups in total. The summed E-state index contributed by atoms with van der Waals surface area (Å²) in [6.07, 6.45) is 0.809. The van der Waals surface area contributed by atoms with Gasteiger partial charge >= 0.3 is 0 Å². The molecular formula is C16H18ClN5S. The van der Waals surface area contributed by atoms with Crippen molar-refractivity contribution in [2.75, 3.05) is 0 Å². The molecule has 3 aromatic rings. The lowest BCUT2D eigenvalue weighted by Gasteiger charge is -2.16. The van der Waals surface area contributed by atoms with Crippen molar-refractivity contribution < 1.29 is 0 Å². The van der Waals surface area contributed by atoms with Gasteiger partial charge in [0, 0.05) is 22.2 Å². The third-order valence-electron chi connectivity index (χ3n) is 3.38. The van der Waals surface area contributed by atoms with Gasteiger partial charge in [-0.25, -0.2) is 9.67 Å². The van der Waals surface area contributed by atoms with Gasteiger partial charge in [-0.1, -0.05) is 44.5 Å². The lowest BCUT2D eigenvalue weighted by molar-refractivity contribution is 0.488. The summed E-state index contributed by atoms with van der Waals surface area (Å²) in [5, 5.41) is 15.9. The molecule has 0 aliphatic heterocycles. The molecule has 120 valence electrons. The average molecular weight is 348 g/mol. The van der Waals surface area contributed by atoms with Crippen LogP contribution in [-0.2, 0) is 18.4 Å². The number of hydrogen-bond acceptors (Lipinski definition) is 5. The summed E-state index contributed by atoms with van der Waals surface area (Å²) in [5.41, 5.74) is 2.09. The molecule has 0 radical (unpaired) electrons. The summed E-state index contributed by atoms with van der Waals surface area (Å²) in [4.78, 5) is 4.70. The number of halogens is 1. The summed E-state index contributed by atoms with van der Waals surface area (Å²) in [6.45, 7) is 6.89. The monoisotopic (exact) mass is 347 g/mol. The molecule has 5 nitrogen and oxygen atoms in total. The van der Waals surface area contributed by atoms with Crippen LogP contribution in [0, 0.1) is 0 Å². The molecule has 0 fully saturated rings. The molecule has 7 heteroatoms. The van der Waals surface area contributed by atoms with Crippen LogP contribution < -0.4 is 0 Å². The molecule has 0 spiro atoms. The normalized spacial score (nSPS) is 11.8. The number of aromatic nitrogens is 5. The first-order valence-corrected chi connectivity index (χ1v) is 8.62. The fraction of sp³-hybridized carbons (Fsp3) is 0.375. The van der Waals surface area contributed by atoms with Crippen molar-refractivity contribution in [1.29, 1.82) is 0 Å². The number of rotatable bonds is 4. The van der Waals surface area contributed by atoms with Gasteiger partial charge in [0.25, 0.3) is 0 Å². The molecule has 1 aromatic carbocycles. The predicted octanol–water partition coefficient (Wildman–Crippen LogP) is 3.72. The largest absolute Gasteiger partial charge is 0.244 e. The molecule has 0 atom stereocenters. The van der Waals surface area contributed by atoms with Gasteiger partial charge in [0.05, 0.1) is 17.2 Å². The average Bonchev–Trinajstić information content (AvgIpc) is 3.11. The summed E-state index contributed by atoms with van der Waals surface area (Å²) in [7, 11) is 0. The van der Waals surface area contributed by atoms with Gasteiger partial charge in [-0.3, -0.25) is 0 Å². The lowest BCUT2D eigenvalue weighted by atomic mass is 9.96. The standard InChI is InChI=1S/C16H18ClN5S/c1-16(2,3)15-19-20-21-22(15)9-13-10-23-14(18-13)8-11-4-6-12(17)7-5-11/h4-7,10H,8-9H2,1-3H3. The topological polar surface area (TPSA) is 56.5 Å². The van der Waals surface area contributed by atoms with Crippen molar-refractivity contribution in [1.82, 2.24) is 25.2 Å². The molecule has 3 rings (SSSR count). The second kappa shape index (κ2) is 6.37. The first-order chi connectivity index (χ1) is 10.9. The van der Waals surface area contributed by atoms with Crippen molar-refractivity contribution in [2.45, 2.75) is 39.2 Å². The third-order valence-corrected chi connectivity index (χ3v) is 4.53. The van der Waals surface area contributed by atoms with Crippen LogP contribution in [0.5, 0.6) is 0 Å². The highest BCUT2D eigenvalue weighted by molar-refractivity contribution is 7.09. The zero-order chi connectivity index (χ0) is 16.4. The fourth-order valence-electron chi connectivity index (χ4n) is 2.28. The van der Waals surface area contributed by atoms with Crippen LogP contribution in [0.25, 0.3) is 0 Å². The van der Waals surface area contributed by atoms with Gasteiger partial charge in [0.15, 0.2) is 5.82 Å². The Kier molecular flexibility index (Phi) is 4.46. The Morgan fingerprint density at radius 3 is 2.61 bits per heavy atom. The minimum absolute atomic E-state index is 0.0916. The minimum Gasteiger partial charge on any atom is -0.244 e. The molecule has 0 aliphatic rings. The molecule has 23 heavy (non-hydrogen) atoms. The van der Waals surface area contributed by atoms with E-state index in [1.54, 1.807) is 11.3 Å². The van der Waals surface area contributed by atoms with Crippen LogP contribution in [0.15, 0.2) is 29.6 Å². The number of nitrogens with zero attached hydrogens (tertiary/aromatic N) is 5. The van der Waals surface area contributed by atoms with E-state index in [1.807, 2.05) is 28.9 Å². The van der Waals surface area contributed by atoms with E-state index in [-0.39, 0.29) is 5.41 Å². The lowest BCUT2D eigenvalue weighted by Crippen LogP contribution is -2.20. The van der Waals surface area contributed by atoms with E-state index >= 15 is 0 Å². The zero-order valence-corrected chi connectivity index (χ0v) is 14.9. The van der Waals surface area contributed by atoms with Crippen LogP contribution in [0.1, 0.15) is 42.9 Å². The maximum absolute atomic E-state index is 5.92. The highest BCUT2D eigenvalue weighted by Gasteiger charge is 2.22. The van der Waals surface area contributed by atoms with E-state index in [0.717, 1.165) is 28.0 Å². The first-order valence-electron chi connectivity index (χ1n) is 7.36. The Balaban J connectivity index is 1.73. The molecular weight excluding hydrogens is 330 g/mol. The highest BCUT2D eigenvalue weighted by Crippen LogP contribution is 2.21. The number of benzene rings is 1. The third kappa shape index (κ3) is 3.95. The predicted molar refractivity (Wildman–Crippen MR) is 92.0 cm³/mol. The highest BCUT2D eigenvalue weighted by atomic mass is 35.5. The van der Waals surface area contributed by atoms with Crippen molar-refractivity contribution in [3.05, 3.63) is 56.8 Å². The van der Waals surface area contributed by atoms with Crippen LogP contribution in [-0.4, -0.2) is 25.2 Å². The van der Waals surface area contributed by atoms with Gasteiger partial charge in [0.2, 0.25) is 0 Å². The van der Waals surface area contributed by atoms with Crippen LogP contribution in [0.4, 0.5) is 0 Å². The second-order valence-electron chi connectivity index (χ2n) is 6.45. The van der Waals surface area contributed by atoms with E-state index in [2.05, 4.69) is 41.7 Å². The van der Waals surface area contributed by atoms with Gasteiger partial charge < -0.3 is 0 Å². The van der Waals surface area contributed by atoms with Crippen LogP contribution in [0.2, 0.25) is 5.02 Å². The van der Waals surface area contributed by atoms with E-state index in [1.165, 1.54) is 5.56 Å². The number of hydrogen-bond donors (Lipinski definition) is 0. The molecule has 2 aromatic heterocycles. The maximum atomic E-state index is 5.92. The van der Waals surface area contributed by atoms with E-state index < -0.39 is 0 Å². The summed E-state index contributed by atoms with van der Waals surface area (Å²) >= 11 is 7.57. The molecule has 2 heterocycles. The van der Waals surface area contributed by atoms with Crippen LogP contribution in [0.3, 0.4) is 0 Å². The Bertz CT molecular complexity index is 785. The van der Waals surface area contributed by atoms with Gasteiger partial charge in [-0.2, -0.15) is 0 Å². The first kappa shape index (κ1) is 16.1. The van der Waals surface area contributed by atoms with Crippen molar-refractivity contribution >= 4 is 22.9 Å². The van der Waals surface area contributed by atoms with E-state index in [0.29, 0.717) is 6.54 Å². The van der Waals surface area contributed by atoms with Crippen LogP contribution >= 0.6 is 22.9 Å². The summed E-state index contributed by atoms with van der Waals surface area (Å²) in [5.74, 6) is 0.866. The Morgan fingerprint density at radius 1 is 1.17 bits per heavy atom. The zero-order valence-electron chi connectivity index (χ0n) is 13.3. The fourth-order valence-corrected chi connectivity index (χ4v) is 3.23. The Morgan fingerprint density at radius 2 is 1.91 bits per heavy atom. The Labute approximate surface area is 144 Å². The van der Waals surface area contributed by atoms with Gasteiger partial charge in [0.1, 0.15) is 0 Å². The second-order valence-corrected chi connectivity index (χ2v) is 7.83. The van der Waals surface area contributed by atoms with E-state index in [4.69, 9.17) is 16.6 Å². The summed E-state index contributed by atoms with van der Waals surface area (Å²) in [6, 6.07) is 7.87. The number of tetrazole rings is 1. The quantitative estimate of drug-likeness (QED) is 0.721. The number of thiazole rings is 1. The molecule has 0 bridgehead atoms. The Hall–Kier alpha value is -1.79. The molecule has 0 amide bonds. The molecule has 0 unspecified atom stereocenters. The molecule has 0 saturated carbocycles. The molecule has 0 aliphatic carbocycles. The summed E-state index contributed by atoms with van der Waals surface area (Å²) < 4.78 is 1.82. The van der Waals surface area contributed by atoms with Crippen molar-refractivity contribution in [3.63, 3.8) is 0 Å². The maximum Gasteiger partial charge on any atom is 0.157 e. The molecule has 0 saturated heterocycles. The van der Waals surface area contributed by atoms with Crippen molar-refractivity contribution in [2.24, 2.45) is 0 Å². The minimum atomic E-state index is -0.0916. The SMILES string of the molecule is CC(C)(C)c1nnnn1Cc1csc(Cc2ccc(Cl)cc2)n1. The van der Waals surface area contributed by atoms with Crippen molar-refractivity contribution in [3.8, 4) is 0 Å². The van der Waals surface area contributed by atoms with Gasteiger partial charge in [-0.15, -0.1) is 16.4 Å². The smallest absolute Gasteiger partial charge is 0.157 e. The van der Waals surface area contributed by atoms with Gasteiger partial charge in [-0.05, 0) is 28.1 Å².